The molecule has 0 aliphatic carbocycles. The minimum Gasteiger partial charge on any atom is -0.354 e. The minimum absolute atomic E-state index is 0.604. The summed E-state index contributed by atoms with van der Waals surface area (Å²) in [6.07, 6.45) is 3.48. The largest absolute Gasteiger partial charge is 0.354 e. The zero-order chi connectivity index (χ0) is 13.1. The lowest BCUT2D eigenvalue weighted by Gasteiger charge is -2.39. The lowest BCUT2D eigenvalue weighted by molar-refractivity contribution is 0.424. The van der Waals surface area contributed by atoms with Crippen molar-refractivity contribution in [1.82, 2.24) is 20.2 Å². The second-order valence-corrected chi connectivity index (χ2v) is 4.76. The number of hydrogen-bond acceptors (Lipinski definition) is 6. The first-order valence-electron chi connectivity index (χ1n) is 6.37. The number of aromatic nitrogens is 4. The van der Waals surface area contributed by atoms with E-state index in [0.717, 1.165) is 31.1 Å². The molecule has 0 amide bonds. The monoisotopic (exact) mass is 256 g/mol. The normalized spacial score (nSPS) is 15.1. The molecule has 6 nitrogen and oxygen atoms in total. The Morgan fingerprint density at radius 2 is 2.00 bits per heavy atom. The summed E-state index contributed by atoms with van der Waals surface area (Å²) in [7, 11) is 0. The molecule has 1 fully saturated rings. The number of hydrogen-bond donors (Lipinski definition) is 1. The smallest absolute Gasteiger partial charge is 0.222 e. The average Bonchev–Trinajstić information content (AvgIpc) is 2.40. The van der Waals surface area contributed by atoms with Gasteiger partial charge in [-0.05, 0) is 25.1 Å². The van der Waals surface area contributed by atoms with Gasteiger partial charge >= 0.3 is 0 Å². The van der Waals surface area contributed by atoms with E-state index in [-0.39, 0.29) is 0 Å². The van der Waals surface area contributed by atoms with Crippen molar-refractivity contribution < 1.29 is 0 Å². The van der Waals surface area contributed by atoms with Gasteiger partial charge in [0.25, 0.3) is 0 Å². The third-order valence-corrected chi connectivity index (χ3v) is 3.18. The van der Waals surface area contributed by atoms with Gasteiger partial charge in [-0.15, -0.1) is 5.10 Å². The summed E-state index contributed by atoms with van der Waals surface area (Å²) < 4.78 is 0. The van der Waals surface area contributed by atoms with Crippen LogP contribution in [0.15, 0.2) is 30.6 Å². The molecule has 0 spiro atoms. The molecule has 0 aromatic carbocycles. The Labute approximate surface area is 111 Å². The van der Waals surface area contributed by atoms with Gasteiger partial charge in [-0.25, -0.2) is 9.97 Å². The standard InChI is InChI=1S/C13H16N6/c1-10-3-4-12(18-17-10)19-8-11(9-19)7-16-13-14-5-2-6-15-13/h2-6,11H,7-9H2,1H3,(H,14,15,16). The highest BCUT2D eigenvalue weighted by atomic mass is 15.3. The van der Waals surface area contributed by atoms with Crippen LogP contribution in [0.2, 0.25) is 0 Å². The lowest BCUT2D eigenvalue weighted by Crippen LogP contribution is -2.50. The second-order valence-electron chi connectivity index (χ2n) is 4.76. The molecule has 19 heavy (non-hydrogen) atoms. The van der Waals surface area contributed by atoms with Gasteiger partial charge in [0.15, 0.2) is 5.82 Å². The highest BCUT2D eigenvalue weighted by Crippen LogP contribution is 2.22. The average molecular weight is 256 g/mol. The zero-order valence-electron chi connectivity index (χ0n) is 10.8. The molecule has 0 atom stereocenters. The maximum absolute atomic E-state index is 4.18. The van der Waals surface area contributed by atoms with Gasteiger partial charge in [-0.3, -0.25) is 0 Å². The topological polar surface area (TPSA) is 66.8 Å². The van der Waals surface area contributed by atoms with Gasteiger partial charge in [0.05, 0.1) is 5.69 Å². The van der Waals surface area contributed by atoms with E-state index in [4.69, 9.17) is 0 Å². The van der Waals surface area contributed by atoms with Crippen LogP contribution in [0.25, 0.3) is 0 Å². The molecule has 1 saturated heterocycles. The van der Waals surface area contributed by atoms with Crippen LogP contribution >= 0.6 is 0 Å². The minimum atomic E-state index is 0.604. The van der Waals surface area contributed by atoms with Crippen molar-refractivity contribution >= 4 is 11.8 Å². The number of nitrogens with zero attached hydrogens (tertiary/aromatic N) is 5. The van der Waals surface area contributed by atoms with Crippen molar-refractivity contribution in [3.63, 3.8) is 0 Å². The van der Waals surface area contributed by atoms with Gasteiger partial charge in [0.1, 0.15) is 0 Å². The summed E-state index contributed by atoms with van der Waals surface area (Å²) in [5.74, 6) is 2.25. The fraction of sp³-hybridized carbons (Fsp3) is 0.385. The van der Waals surface area contributed by atoms with Crippen molar-refractivity contribution in [3.8, 4) is 0 Å². The van der Waals surface area contributed by atoms with Crippen molar-refractivity contribution in [1.29, 1.82) is 0 Å². The number of nitrogens with one attached hydrogen (secondary N) is 1. The molecular weight excluding hydrogens is 240 g/mol. The Morgan fingerprint density at radius 3 is 2.68 bits per heavy atom. The van der Waals surface area contributed by atoms with Crippen molar-refractivity contribution in [2.75, 3.05) is 29.9 Å². The summed E-state index contributed by atoms with van der Waals surface area (Å²) in [6.45, 7) is 4.83. The molecule has 98 valence electrons. The Balaban J connectivity index is 1.47. The SMILES string of the molecule is Cc1ccc(N2CC(CNc3ncccn3)C2)nn1. The Hall–Kier alpha value is -2.24. The van der Waals surface area contributed by atoms with Gasteiger partial charge in [0.2, 0.25) is 5.95 Å². The summed E-state index contributed by atoms with van der Waals surface area (Å²) >= 11 is 0. The molecular formula is C13H16N6. The summed E-state index contributed by atoms with van der Waals surface area (Å²) in [4.78, 5) is 10.5. The molecule has 1 aliphatic rings. The quantitative estimate of drug-likeness (QED) is 0.884. The maximum Gasteiger partial charge on any atom is 0.222 e. The maximum atomic E-state index is 4.18. The Kier molecular flexibility index (Phi) is 3.22. The van der Waals surface area contributed by atoms with E-state index in [2.05, 4.69) is 30.4 Å². The van der Waals surface area contributed by atoms with E-state index in [1.54, 1.807) is 12.4 Å². The molecule has 3 heterocycles. The molecule has 3 rings (SSSR count). The highest BCUT2D eigenvalue weighted by Gasteiger charge is 2.27. The van der Waals surface area contributed by atoms with Crippen molar-refractivity contribution in [2.45, 2.75) is 6.92 Å². The van der Waals surface area contributed by atoms with E-state index in [0.29, 0.717) is 11.9 Å². The summed E-state index contributed by atoms with van der Waals surface area (Å²) in [5, 5.41) is 11.5. The predicted octanol–water partition coefficient (Wildman–Crippen LogP) is 1.12. The van der Waals surface area contributed by atoms with E-state index in [1.807, 2.05) is 25.1 Å². The fourth-order valence-corrected chi connectivity index (χ4v) is 2.07. The second kappa shape index (κ2) is 5.17. The van der Waals surface area contributed by atoms with Crippen LogP contribution in [0.4, 0.5) is 11.8 Å². The molecule has 1 N–H and O–H groups in total. The van der Waals surface area contributed by atoms with Crippen molar-refractivity contribution in [2.24, 2.45) is 5.92 Å². The van der Waals surface area contributed by atoms with Gasteiger partial charge in [-0.1, -0.05) is 0 Å². The van der Waals surface area contributed by atoms with E-state index in [1.165, 1.54) is 0 Å². The number of anilines is 2. The van der Waals surface area contributed by atoms with Gasteiger partial charge in [-0.2, -0.15) is 5.10 Å². The van der Waals surface area contributed by atoms with E-state index in [9.17, 15) is 0 Å². The van der Waals surface area contributed by atoms with Crippen LogP contribution in [0.3, 0.4) is 0 Å². The Morgan fingerprint density at radius 1 is 1.21 bits per heavy atom. The molecule has 0 unspecified atom stereocenters. The molecule has 2 aromatic rings. The van der Waals surface area contributed by atoms with Gasteiger partial charge in [0, 0.05) is 37.9 Å². The molecule has 2 aromatic heterocycles. The molecule has 0 radical (unpaired) electrons. The van der Waals surface area contributed by atoms with Crippen LogP contribution in [0, 0.1) is 12.8 Å². The lowest BCUT2D eigenvalue weighted by atomic mass is 10.0. The third-order valence-electron chi connectivity index (χ3n) is 3.18. The van der Waals surface area contributed by atoms with Gasteiger partial charge < -0.3 is 10.2 Å². The first-order valence-corrected chi connectivity index (χ1v) is 6.37. The third kappa shape index (κ3) is 2.78. The predicted molar refractivity (Wildman–Crippen MR) is 73.0 cm³/mol. The van der Waals surface area contributed by atoms with Crippen LogP contribution in [0.5, 0.6) is 0 Å². The van der Waals surface area contributed by atoms with E-state index >= 15 is 0 Å². The van der Waals surface area contributed by atoms with Crippen LogP contribution in [-0.2, 0) is 0 Å². The van der Waals surface area contributed by atoms with Crippen LogP contribution in [0.1, 0.15) is 5.69 Å². The number of rotatable bonds is 4. The number of aryl methyl sites for hydroxylation is 1. The molecule has 0 saturated carbocycles. The first-order chi connectivity index (χ1) is 9.31. The van der Waals surface area contributed by atoms with Crippen LogP contribution < -0.4 is 10.2 Å². The zero-order valence-corrected chi connectivity index (χ0v) is 10.8. The first kappa shape index (κ1) is 11.8. The molecule has 6 heteroatoms. The van der Waals surface area contributed by atoms with Crippen molar-refractivity contribution in [3.05, 3.63) is 36.3 Å². The molecule has 0 bridgehead atoms. The highest BCUT2D eigenvalue weighted by molar-refractivity contribution is 5.41. The fourth-order valence-electron chi connectivity index (χ4n) is 2.07. The molecule has 1 aliphatic heterocycles. The summed E-state index contributed by atoms with van der Waals surface area (Å²) in [6, 6.07) is 5.82. The van der Waals surface area contributed by atoms with E-state index < -0.39 is 0 Å². The Bertz CT molecular complexity index is 521. The summed E-state index contributed by atoms with van der Waals surface area (Å²) in [5.41, 5.74) is 0.948. The van der Waals surface area contributed by atoms with Crippen LogP contribution in [-0.4, -0.2) is 39.8 Å².